The van der Waals surface area contributed by atoms with Gasteiger partial charge in [0.2, 0.25) is 5.95 Å². The molecule has 0 saturated carbocycles. The maximum atomic E-state index is 12.5. The predicted molar refractivity (Wildman–Crippen MR) is 133 cm³/mol. The Kier molecular flexibility index (Phi) is 6.96. The molecule has 1 saturated heterocycles. The predicted octanol–water partition coefficient (Wildman–Crippen LogP) is 3.09. The van der Waals surface area contributed by atoms with E-state index in [4.69, 9.17) is 21.1 Å². The quantitative estimate of drug-likeness (QED) is 0.381. The lowest BCUT2D eigenvalue weighted by Crippen LogP contribution is -2.34. The van der Waals surface area contributed by atoms with E-state index in [9.17, 15) is 9.90 Å². The minimum atomic E-state index is -0.615. The van der Waals surface area contributed by atoms with Crippen molar-refractivity contribution >= 4 is 29.3 Å². The van der Waals surface area contributed by atoms with Crippen LogP contribution in [-0.2, 0) is 9.47 Å². The Hall–Kier alpha value is -3.77. The topological polar surface area (TPSA) is 135 Å². The number of carbonyl (C=O) groups is 1. The van der Waals surface area contributed by atoms with E-state index in [1.54, 1.807) is 41.3 Å². The smallest absolute Gasteiger partial charge is 0.319 e. The molecule has 0 radical (unpaired) electrons. The standard InChI is InChI=1S/C24H24ClN7O4/c1-14-9-26-23(28-17-5-6-20-21(8-17)36-13-35-20)31-22(14)32-11-18(10-27-32)29-24(34)30-19(12-33)15-3-2-4-16(25)7-15/h2-11,19-21,33H,12-13H2,1H3,(H,26,28,31)(H2,29,30,34)/t19-,20?,21+/m1/s1. The van der Waals surface area contributed by atoms with Crippen molar-refractivity contribution in [1.29, 1.82) is 0 Å². The summed E-state index contributed by atoms with van der Waals surface area (Å²) in [5, 5.41) is 23.2. The first-order chi connectivity index (χ1) is 17.5. The van der Waals surface area contributed by atoms with Gasteiger partial charge in [-0.15, -0.1) is 0 Å². The van der Waals surface area contributed by atoms with E-state index >= 15 is 0 Å². The summed E-state index contributed by atoms with van der Waals surface area (Å²) in [6.45, 7) is 1.85. The second kappa shape index (κ2) is 10.5. The van der Waals surface area contributed by atoms with Gasteiger partial charge in [0.05, 0.1) is 30.7 Å². The molecule has 186 valence electrons. The number of aliphatic hydroxyl groups excluding tert-OH is 1. The summed E-state index contributed by atoms with van der Waals surface area (Å²) in [5.41, 5.74) is 2.74. The summed E-state index contributed by atoms with van der Waals surface area (Å²) in [4.78, 5) is 21.5. The number of hydrogen-bond donors (Lipinski definition) is 4. The van der Waals surface area contributed by atoms with Gasteiger partial charge in [-0.2, -0.15) is 10.1 Å². The van der Waals surface area contributed by atoms with Gasteiger partial charge in [-0.1, -0.05) is 29.8 Å². The highest BCUT2D eigenvalue weighted by Gasteiger charge is 2.28. The van der Waals surface area contributed by atoms with Gasteiger partial charge in [0.15, 0.2) is 5.82 Å². The minimum absolute atomic E-state index is 0.0737. The number of anilines is 2. The number of rotatable bonds is 7. The van der Waals surface area contributed by atoms with Gasteiger partial charge in [-0.05, 0) is 36.8 Å². The number of ether oxygens (including phenoxy) is 2. The lowest BCUT2D eigenvalue weighted by atomic mass is 10.1. The summed E-state index contributed by atoms with van der Waals surface area (Å²) in [6, 6.07) is 5.84. The van der Waals surface area contributed by atoms with Crippen LogP contribution in [0.4, 0.5) is 16.4 Å². The molecule has 3 heterocycles. The first kappa shape index (κ1) is 23.9. The summed E-state index contributed by atoms with van der Waals surface area (Å²) >= 11 is 6.02. The number of carbonyl (C=O) groups excluding carboxylic acids is 1. The molecule has 1 unspecified atom stereocenters. The number of fused-ring (bicyclic) bond motifs is 1. The second-order valence-corrected chi connectivity index (χ2v) is 8.69. The van der Waals surface area contributed by atoms with Crippen molar-refractivity contribution in [1.82, 2.24) is 25.1 Å². The van der Waals surface area contributed by atoms with Crippen LogP contribution < -0.4 is 16.0 Å². The summed E-state index contributed by atoms with van der Waals surface area (Å²) in [6.07, 6.45) is 10.4. The van der Waals surface area contributed by atoms with Crippen molar-refractivity contribution in [2.24, 2.45) is 0 Å². The van der Waals surface area contributed by atoms with Crippen molar-refractivity contribution in [3.63, 3.8) is 0 Å². The van der Waals surface area contributed by atoms with Gasteiger partial charge in [0.25, 0.3) is 0 Å². The zero-order chi connectivity index (χ0) is 25.1. The van der Waals surface area contributed by atoms with Crippen molar-refractivity contribution in [3.05, 3.63) is 82.9 Å². The number of aliphatic hydroxyl groups is 1. The zero-order valence-corrected chi connectivity index (χ0v) is 20.0. The maximum absolute atomic E-state index is 12.5. The largest absolute Gasteiger partial charge is 0.394 e. The first-order valence-electron chi connectivity index (χ1n) is 11.2. The van der Waals surface area contributed by atoms with Crippen LogP contribution in [0.3, 0.4) is 0 Å². The fourth-order valence-electron chi connectivity index (χ4n) is 3.85. The second-order valence-electron chi connectivity index (χ2n) is 8.25. The van der Waals surface area contributed by atoms with E-state index in [1.807, 2.05) is 25.2 Å². The third kappa shape index (κ3) is 5.39. The third-order valence-electron chi connectivity index (χ3n) is 5.65. The van der Waals surface area contributed by atoms with Crippen LogP contribution in [-0.4, -0.2) is 56.5 Å². The summed E-state index contributed by atoms with van der Waals surface area (Å²) < 4.78 is 12.5. The molecule has 4 N–H and O–H groups in total. The monoisotopic (exact) mass is 509 g/mol. The van der Waals surface area contributed by atoms with Crippen LogP contribution in [0.1, 0.15) is 17.2 Å². The molecule has 2 amide bonds. The lowest BCUT2D eigenvalue weighted by molar-refractivity contribution is 0.0503. The molecule has 11 nitrogen and oxygen atoms in total. The number of aryl methyl sites for hydroxylation is 1. The molecule has 36 heavy (non-hydrogen) atoms. The van der Waals surface area contributed by atoms with Gasteiger partial charge < -0.3 is 30.5 Å². The van der Waals surface area contributed by atoms with Crippen molar-refractivity contribution in [2.75, 3.05) is 24.0 Å². The summed E-state index contributed by atoms with van der Waals surface area (Å²) in [5.74, 6) is 0.936. The molecule has 12 heteroatoms. The Morgan fingerprint density at radius 1 is 1.31 bits per heavy atom. The number of allylic oxidation sites excluding steroid dienone is 1. The Balaban J connectivity index is 1.26. The van der Waals surface area contributed by atoms with Gasteiger partial charge in [0.1, 0.15) is 19.0 Å². The summed E-state index contributed by atoms with van der Waals surface area (Å²) in [7, 11) is 0. The van der Waals surface area contributed by atoms with Crippen molar-refractivity contribution < 1.29 is 19.4 Å². The van der Waals surface area contributed by atoms with E-state index < -0.39 is 12.1 Å². The number of halogens is 1. The highest BCUT2D eigenvalue weighted by molar-refractivity contribution is 6.30. The molecule has 2 aromatic heterocycles. The maximum Gasteiger partial charge on any atom is 0.319 e. The third-order valence-corrected chi connectivity index (χ3v) is 5.89. The van der Waals surface area contributed by atoms with E-state index in [2.05, 4.69) is 31.0 Å². The molecule has 0 bridgehead atoms. The van der Waals surface area contributed by atoms with Crippen molar-refractivity contribution in [3.8, 4) is 5.82 Å². The Bertz CT molecular complexity index is 1330. The van der Waals surface area contributed by atoms with Crippen LogP contribution in [0.2, 0.25) is 5.02 Å². The van der Waals surface area contributed by atoms with Crippen molar-refractivity contribution in [2.45, 2.75) is 25.2 Å². The lowest BCUT2D eigenvalue weighted by Gasteiger charge is -2.17. The van der Waals surface area contributed by atoms with Crippen LogP contribution >= 0.6 is 11.6 Å². The molecular formula is C24H24ClN7O4. The fourth-order valence-corrected chi connectivity index (χ4v) is 4.05. The minimum Gasteiger partial charge on any atom is -0.394 e. The molecule has 0 spiro atoms. The van der Waals surface area contributed by atoms with E-state index in [0.29, 0.717) is 28.0 Å². The number of amides is 2. The average Bonchev–Trinajstić information content (AvgIpc) is 3.53. The van der Waals surface area contributed by atoms with E-state index in [-0.39, 0.29) is 25.6 Å². The molecule has 3 aromatic rings. The van der Waals surface area contributed by atoms with Gasteiger partial charge >= 0.3 is 6.03 Å². The van der Waals surface area contributed by atoms with E-state index in [1.165, 1.54) is 6.20 Å². The number of benzene rings is 1. The zero-order valence-electron chi connectivity index (χ0n) is 19.3. The molecule has 1 aromatic carbocycles. The molecule has 1 aliphatic carbocycles. The van der Waals surface area contributed by atoms with Gasteiger partial charge in [-0.3, -0.25) is 0 Å². The average molecular weight is 510 g/mol. The molecule has 5 rings (SSSR count). The van der Waals surface area contributed by atoms with Crippen LogP contribution in [0.25, 0.3) is 5.82 Å². The first-order valence-corrected chi connectivity index (χ1v) is 11.6. The normalized spacial score (nSPS) is 19.4. The number of nitrogens with one attached hydrogen (secondary N) is 3. The number of nitrogens with zero attached hydrogens (tertiary/aromatic N) is 4. The Morgan fingerprint density at radius 3 is 3.00 bits per heavy atom. The SMILES string of the molecule is Cc1cnc(NC2=C[C@@H]3OCOC3C=C2)nc1-n1cc(NC(=O)N[C@H](CO)c2cccc(Cl)c2)cn1. The van der Waals surface area contributed by atoms with E-state index in [0.717, 1.165) is 11.3 Å². The number of aromatic nitrogens is 4. The number of urea groups is 1. The number of hydrogen-bond acceptors (Lipinski definition) is 8. The van der Waals surface area contributed by atoms with Gasteiger partial charge in [-0.25, -0.2) is 14.5 Å². The molecule has 3 atom stereocenters. The highest BCUT2D eigenvalue weighted by Crippen LogP contribution is 2.23. The highest BCUT2D eigenvalue weighted by atomic mass is 35.5. The Morgan fingerprint density at radius 2 is 2.17 bits per heavy atom. The van der Waals surface area contributed by atoms with Crippen LogP contribution in [0.5, 0.6) is 0 Å². The Labute approximate surface area is 211 Å². The molecule has 1 aliphatic heterocycles. The molecule has 2 aliphatic rings. The van der Waals surface area contributed by atoms with Crippen LogP contribution in [0.15, 0.2) is 66.8 Å². The van der Waals surface area contributed by atoms with Crippen LogP contribution in [0, 0.1) is 6.92 Å². The fraction of sp³-hybridized carbons (Fsp3) is 0.250. The van der Waals surface area contributed by atoms with Gasteiger partial charge in [0, 0.05) is 22.5 Å². The molecular weight excluding hydrogens is 486 g/mol. The molecule has 1 fully saturated rings.